The second-order valence-electron chi connectivity index (χ2n) is 5.38. The van der Waals surface area contributed by atoms with Crippen LogP contribution in [0.2, 0.25) is 0 Å². The van der Waals surface area contributed by atoms with Crippen LogP contribution in [-0.2, 0) is 19.4 Å². The lowest BCUT2D eigenvalue weighted by molar-refractivity contribution is 0.0952. The van der Waals surface area contributed by atoms with Crippen LogP contribution in [0.15, 0.2) is 36.7 Å². The van der Waals surface area contributed by atoms with Crippen LogP contribution in [0.25, 0.3) is 0 Å². The molecule has 0 saturated heterocycles. The molecule has 1 aromatic carbocycles. The Morgan fingerprint density at radius 2 is 2.09 bits per heavy atom. The Morgan fingerprint density at radius 1 is 1.27 bits per heavy atom. The van der Waals surface area contributed by atoms with Crippen LogP contribution in [0.5, 0.6) is 0 Å². The number of aromatic nitrogens is 1. The third-order valence-electron chi connectivity index (χ3n) is 3.87. The number of benzene rings is 1. The minimum absolute atomic E-state index is 0.0895. The van der Waals surface area contributed by atoms with Crippen molar-refractivity contribution in [3.63, 3.8) is 0 Å². The number of amides is 1. The van der Waals surface area contributed by atoms with Gasteiger partial charge in [-0.3, -0.25) is 9.78 Å². The van der Waals surface area contributed by atoms with E-state index in [2.05, 4.69) is 15.6 Å². The molecular formula is C17H18FN3O. The van der Waals surface area contributed by atoms with Gasteiger partial charge in [-0.1, -0.05) is 12.1 Å². The molecule has 3 rings (SSSR count). The third-order valence-corrected chi connectivity index (χ3v) is 3.87. The summed E-state index contributed by atoms with van der Waals surface area (Å²) in [6.45, 7) is 2.16. The largest absolute Gasteiger partial charge is 0.352 e. The van der Waals surface area contributed by atoms with Crippen LogP contribution < -0.4 is 10.6 Å². The Kier molecular flexibility index (Phi) is 4.44. The van der Waals surface area contributed by atoms with E-state index in [1.807, 2.05) is 6.20 Å². The molecule has 0 saturated carbocycles. The van der Waals surface area contributed by atoms with Crippen molar-refractivity contribution >= 4 is 5.91 Å². The van der Waals surface area contributed by atoms with Crippen molar-refractivity contribution in [1.29, 1.82) is 0 Å². The van der Waals surface area contributed by atoms with E-state index in [1.165, 1.54) is 12.1 Å². The highest BCUT2D eigenvalue weighted by atomic mass is 19.1. The van der Waals surface area contributed by atoms with Crippen molar-refractivity contribution in [3.8, 4) is 0 Å². The quantitative estimate of drug-likeness (QED) is 0.906. The second kappa shape index (κ2) is 6.66. The zero-order valence-electron chi connectivity index (χ0n) is 12.2. The summed E-state index contributed by atoms with van der Waals surface area (Å²) in [6.07, 6.45) is 4.97. The van der Waals surface area contributed by atoms with Crippen LogP contribution >= 0.6 is 0 Å². The van der Waals surface area contributed by atoms with E-state index in [-0.39, 0.29) is 11.7 Å². The summed E-state index contributed by atoms with van der Waals surface area (Å²) in [5.41, 5.74) is 3.85. The summed E-state index contributed by atoms with van der Waals surface area (Å²) in [7, 11) is 0. The van der Waals surface area contributed by atoms with E-state index in [0.29, 0.717) is 18.5 Å². The molecule has 2 aromatic rings. The average molecular weight is 299 g/mol. The number of nitrogens with zero attached hydrogens (tertiary/aromatic N) is 1. The van der Waals surface area contributed by atoms with Crippen LogP contribution in [0, 0.1) is 5.82 Å². The van der Waals surface area contributed by atoms with E-state index in [9.17, 15) is 9.18 Å². The maximum Gasteiger partial charge on any atom is 0.253 e. The summed E-state index contributed by atoms with van der Waals surface area (Å²) in [5, 5.41) is 6.19. The molecule has 0 aliphatic carbocycles. The summed E-state index contributed by atoms with van der Waals surface area (Å²) >= 11 is 0. The van der Waals surface area contributed by atoms with Gasteiger partial charge in [0.25, 0.3) is 5.91 Å². The molecule has 0 atom stereocenters. The second-order valence-corrected chi connectivity index (χ2v) is 5.38. The van der Waals surface area contributed by atoms with Crippen LogP contribution in [0.1, 0.15) is 27.0 Å². The van der Waals surface area contributed by atoms with Gasteiger partial charge in [-0.25, -0.2) is 4.39 Å². The predicted molar refractivity (Wildman–Crippen MR) is 82.1 cm³/mol. The first-order valence-electron chi connectivity index (χ1n) is 7.43. The average Bonchev–Trinajstić information content (AvgIpc) is 2.56. The van der Waals surface area contributed by atoms with Gasteiger partial charge in [-0.05, 0) is 48.2 Å². The monoisotopic (exact) mass is 299 g/mol. The highest BCUT2D eigenvalue weighted by Crippen LogP contribution is 2.17. The molecule has 2 N–H and O–H groups in total. The van der Waals surface area contributed by atoms with E-state index in [1.54, 1.807) is 18.3 Å². The molecule has 1 aromatic heterocycles. The van der Waals surface area contributed by atoms with Crippen molar-refractivity contribution in [2.45, 2.75) is 19.4 Å². The lowest BCUT2D eigenvalue weighted by Crippen LogP contribution is -2.30. The minimum atomic E-state index is -0.247. The van der Waals surface area contributed by atoms with Gasteiger partial charge < -0.3 is 10.6 Å². The van der Waals surface area contributed by atoms with Crippen molar-refractivity contribution in [2.75, 3.05) is 13.1 Å². The van der Waals surface area contributed by atoms with Crippen LogP contribution in [0.4, 0.5) is 4.39 Å². The summed E-state index contributed by atoms with van der Waals surface area (Å²) in [6, 6.07) is 6.33. The normalized spacial score (nSPS) is 13.5. The predicted octanol–water partition coefficient (Wildman–Crippen LogP) is 1.84. The Bertz CT molecular complexity index is 670. The molecule has 1 aliphatic rings. The number of carbonyl (C=O) groups is 1. The van der Waals surface area contributed by atoms with Crippen molar-refractivity contribution in [2.24, 2.45) is 0 Å². The van der Waals surface area contributed by atoms with Gasteiger partial charge in [0.15, 0.2) is 0 Å². The first-order chi connectivity index (χ1) is 10.7. The molecule has 114 valence electrons. The molecule has 0 spiro atoms. The van der Waals surface area contributed by atoms with Crippen LogP contribution in [0.3, 0.4) is 0 Å². The maximum absolute atomic E-state index is 12.8. The molecule has 1 aliphatic heterocycles. The van der Waals surface area contributed by atoms with Gasteiger partial charge in [0.05, 0.1) is 5.56 Å². The fourth-order valence-corrected chi connectivity index (χ4v) is 2.68. The molecule has 2 heterocycles. The first kappa shape index (κ1) is 14.7. The molecule has 0 bridgehead atoms. The number of pyridine rings is 1. The van der Waals surface area contributed by atoms with Gasteiger partial charge in [-0.15, -0.1) is 0 Å². The number of rotatable bonds is 4. The molecule has 5 heteroatoms. The Hall–Kier alpha value is -2.27. The fourth-order valence-electron chi connectivity index (χ4n) is 2.68. The van der Waals surface area contributed by atoms with E-state index >= 15 is 0 Å². The summed E-state index contributed by atoms with van der Waals surface area (Å²) < 4.78 is 12.8. The van der Waals surface area contributed by atoms with E-state index in [4.69, 9.17) is 0 Å². The van der Waals surface area contributed by atoms with Crippen molar-refractivity contribution < 1.29 is 9.18 Å². The topological polar surface area (TPSA) is 54.0 Å². The zero-order valence-corrected chi connectivity index (χ0v) is 12.2. The lowest BCUT2D eigenvalue weighted by Gasteiger charge is -2.19. The van der Waals surface area contributed by atoms with Gasteiger partial charge in [-0.2, -0.15) is 0 Å². The highest BCUT2D eigenvalue weighted by Gasteiger charge is 2.17. The first-order valence-corrected chi connectivity index (χ1v) is 7.43. The smallest absolute Gasteiger partial charge is 0.253 e. The third kappa shape index (κ3) is 3.31. The van der Waals surface area contributed by atoms with Gasteiger partial charge in [0.1, 0.15) is 5.82 Å². The number of fused-ring (bicyclic) bond motifs is 1. The van der Waals surface area contributed by atoms with Crippen molar-refractivity contribution in [1.82, 2.24) is 15.6 Å². The highest BCUT2D eigenvalue weighted by molar-refractivity contribution is 5.95. The number of hydrogen-bond acceptors (Lipinski definition) is 3. The van der Waals surface area contributed by atoms with E-state index < -0.39 is 0 Å². The van der Waals surface area contributed by atoms with Crippen molar-refractivity contribution in [3.05, 3.63) is 64.7 Å². The standard InChI is InChI=1S/C17H18FN3O/c18-14-3-1-12(2-4-14)5-8-21-17(22)16-11-20-10-13-9-19-7-6-15(13)16/h1-4,10-11,19H,5-9H2,(H,21,22). The SMILES string of the molecule is O=C(NCCc1ccc(F)cc1)c1cncc2c1CCNC2. The number of nitrogens with one attached hydrogen (secondary N) is 2. The molecule has 0 unspecified atom stereocenters. The summed E-state index contributed by atoms with van der Waals surface area (Å²) in [4.78, 5) is 16.5. The number of halogens is 1. The maximum atomic E-state index is 12.8. The Balaban J connectivity index is 1.61. The molecule has 1 amide bonds. The Morgan fingerprint density at radius 3 is 2.91 bits per heavy atom. The molecular weight excluding hydrogens is 281 g/mol. The fraction of sp³-hybridized carbons (Fsp3) is 0.294. The number of carbonyl (C=O) groups excluding carboxylic acids is 1. The molecule has 0 fully saturated rings. The Labute approximate surface area is 128 Å². The molecule has 22 heavy (non-hydrogen) atoms. The molecule has 0 radical (unpaired) electrons. The number of hydrogen-bond donors (Lipinski definition) is 2. The van der Waals surface area contributed by atoms with Gasteiger partial charge >= 0.3 is 0 Å². The van der Waals surface area contributed by atoms with E-state index in [0.717, 1.165) is 36.2 Å². The van der Waals surface area contributed by atoms with Crippen LogP contribution in [-0.4, -0.2) is 24.0 Å². The zero-order chi connectivity index (χ0) is 15.4. The van der Waals surface area contributed by atoms with Gasteiger partial charge in [0.2, 0.25) is 0 Å². The molecule has 4 nitrogen and oxygen atoms in total. The minimum Gasteiger partial charge on any atom is -0.352 e. The van der Waals surface area contributed by atoms with Gasteiger partial charge in [0, 0.05) is 25.5 Å². The summed E-state index contributed by atoms with van der Waals surface area (Å²) in [5.74, 6) is -0.336. The lowest BCUT2D eigenvalue weighted by atomic mass is 9.98.